The maximum Gasteiger partial charge on any atom is 0.219 e. The second-order valence-electron chi connectivity index (χ2n) is 11.3. The van der Waals surface area contributed by atoms with Crippen LogP contribution in [0.5, 0.6) is 0 Å². The van der Waals surface area contributed by atoms with E-state index in [9.17, 15) is 20.4 Å². The SMILES string of the molecule is C=C1/C(=C\C=C2/CCC[C@]3(C)[C@@H]([C@H](C)CCCC(C)C)CC[C@@H]23)C[C@@H](O)C(O)C1(O)O. The Labute approximate surface area is 188 Å². The van der Waals surface area contributed by atoms with Gasteiger partial charge in [0.05, 0.1) is 6.10 Å². The zero-order valence-corrected chi connectivity index (χ0v) is 20.0. The topological polar surface area (TPSA) is 80.9 Å². The molecule has 3 aliphatic carbocycles. The van der Waals surface area contributed by atoms with Gasteiger partial charge in [0, 0.05) is 12.0 Å². The smallest absolute Gasteiger partial charge is 0.219 e. The Kier molecular flexibility index (Phi) is 7.57. The molecule has 3 fully saturated rings. The van der Waals surface area contributed by atoms with Gasteiger partial charge in [-0.25, -0.2) is 0 Å². The first-order valence-electron chi connectivity index (χ1n) is 12.4. The third kappa shape index (κ3) is 4.88. The lowest BCUT2D eigenvalue weighted by molar-refractivity contribution is -0.227. The number of aliphatic hydroxyl groups is 4. The summed E-state index contributed by atoms with van der Waals surface area (Å²) in [6.45, 7) is 13.4. The summed E-state index contributed by atoms with van der Waals surface area (Å²) in [5.41, 5.74) is 2.49. The first-order chi connectivity index (χ1) is 14.5. The van der Waals surface area contributed by atoms with Crippen LogP contribution in [0, 0.1) is 29.1 Å². The summed E-state index contributed by atoms with van der Waals surface area (Å²) in [6.07, 6.45) is 11.5. The molecule has 3 rings (SSSR count). The molecule has 6 atom stereocenters. The Morgan fingerprint density at radius 2 is 1.81 bits per heavy atom. The Bertz CT molecular complexity index is 719. The van der Waals surface area contributed by atoms with E-state index in [1.54, 1.807) is 0 Å². The molecule has 0 aliphatic heterocycles. The third-order valence-corrected chi connectivity index (χ3v) is 8.70. The number of hydrogen-bond acceptors (Lipinski definition) is 4. The molecule has 0 amide bonds. The summed E-state index contributed by atoms with van der Waals surface area (Å²) in [5, 5.41) is 40.3. The van der Waals surface area contributed by atoms with Crippen LogP contribution in [0.1, 0.15) is 85.5 Å². The Hall–Kier alpha value is -0.940. The lowest BCUT2D eigenvalue weighted by Gasteiger charge is -2.44. The van der Waals surface area contributed by atoms with E-state index in [1.165, 1.54) is 50.5 Å². The van der Waals surface area contributed by atoms with Crippen LogP contribution >= 0.6 is 0 Å². The highest BCUT2D eigenvalue weighted by Crippen LogP contribution is 2.60. The summed E-state index contributed by atoms with van der Waals surface area (Å²) in [4.78, 5) is 0. The van der Waals surface area contributed by atoms with Crippen molar-refractivity contribution in [3.8, 4) is 0 Å². The number of hydrogen-bond donors (Lipinski definition) is 4. The Morgan fingerprint density at radius 3 is 2.48 bits per heavy atom. The fourth-order valence-electron chi connectivity index (χ4n) is 6.78. The summed E-state index contributed by atoms with van der Waals surface area (Å²) < 4.78 is 0. The van der Waals surface area contributed by atoms with Gasteiger partial charge in [-0.3, -0.25) is 0 Å². The number of allylic oxidation sites excluding steroid dienone is 3. The fourth-order valence-corrected chi connectivity index (χ4v) is 6.78. The summed E-state index contributed by atoms with van der Waals surface area (Å²) in [7, 11) is 0. The quantitative estimate of drug-likeness (QED) is 0.451. The molecule has 0 bridgehead atoms. The van der Waals surface area contributed by atoms with E-state index in [0.717, 1.165) is 24.2 Å². The number of fused-ring (bicyclic) bond motifs is 1. The molecule has 0 saturated heterocycles. The second kappa shape index (κ2) is 9.51. The van der Waals surface area contributed by atoms with E-state index in [-0.39, 0.29) is 12.0 Å². The van der Waals surface area contributed by atoms with E-state index >= 15 is 0 Å². The molecule has 31 heavy (non-hydrogen) atoms. The third-order valence-electron chi connectivity index (χ3n) is 8.70. The average Bonchev–Trinajstić information content (AvgIpc) is 3.06. The predicted molar refractivity (Wildman–Crippen MR) is 125 cm³/mol. The van der Waals surface area contributed by atoms with Crippen molar-refractivity contribution in [3.05, 3.63) is 35.5 Å². The van der Waals surface area contributed by atoms with Gasteiger partial charge in [-0.05, 0) is 66.8 Å². The standard InChI is InChI=1S/C27H44O4/c1-17(2)8-6-9-18(3)22-13-14-23-20(10-7-15-26(22,23)5)11-12-21-16-24(28)25(29)27(30,31)19(21)4/h11-12,17-18,22-25,28-31H,4,6-10,13-16H2,1-3,5H3/b20-11+,21-12-/t18-,22-,23+,24-,25?,26-/m1/s1. The molecule has 4 heteroatoms. The van der Waals surface area contributed by atoms with E-state index in [2.05, 4.69) is 40.3 Å². The maximum atomic E-state index is 10.2. The summed E-state index contributed by atoms with van der Waals surface area (Å²) in [5.74, 6) is 0.404. The van der Waals surface area contributed by atoms with Gasteiger partial charge in [0.15, 0.2) is 0 Å². The van der Waals surface area contributed by atoms with E-state index in [1.807, 2.05) is 6.08 Å². The zero-order chi connectivity index (χ0) is 23.0. The van der Waals surface area contributed by atoms with Crippen LogP contribution in [0.2, 0.25) is 0 Å². The lowest BCUT2D eigenvalue weighted by atomic mass is 9.60. The summed E-state index contributed by atoms with van der Waals surface area (Å²) >= 11 is 0. The second-order valence-corrected chi connectivity index (χ2v) is 11.3. The molecular weight excluding hydrogens is 388 g/mol. The first-order valence-corrected chi connectivity index (χ1v) is 12.4. The van der Waals surface area contributed by atoms with Crippen LogP contribution in [-0.4, -0.2) is 38.4 Å². The van der Waals surface area contributed by atoms with Gasteiger partial charge in [0.1, 0.15) is 6.10 Å². The normalized spacial score (nSPS) is 39.3. The van der Waals surface area contributed by atoms with Crippen molar-refractivity contribution in [1.29, 1.82) is 0 Å². The van der Waals surface area contributed by atoms with Crippen molar-refractivity contribution in [3.63, 3.8) is 0 Å². The first kappa shape index (κ1) is 24.7. The van der Waals surface area contributed by atoms with Gasteiger partial charge in [-0.15, -0.1) is 0 Å². The molecule has 1 unspecified atom stereocenters. The van der Waals surface area contributed by atoms with Crippen LogP contribution < -0.4 is 0 Å². The molecule has 4 N–H and O–H groups in total. The van der Waals surface area contributed by atoms with Crippen LogP contribution in [0.15, 0.2) is 35.5 Å². The monoisotopic (exact) mass is 432 g/mol. The van der Waals surface area contributed by atoms with Crippen molar-refractivity contribution >= 4 is 0 Å². The van der Waals surface area contributed by atoms with Crippen LogP contribution in [-0.2, 0) is 0 Å². The molecule has 0 aromatic heterocycles. The highest BCUT2D eigenvalue weighted by Gasteiger charge is 2.50. The van der Waals surface area contributed by atoms with E-state index in [4.69, 9.17) is 0 Å². The lowest BCUT2D eigenvalue weighted by Crippen LogP contribution is -2.54. The minimum absolute atomic E-state index is 0.0868. The molecule has 3 saturated carbocycles. The summed E-state index contributed by atoms with van der Waals surface area (Å²) in [6, 6.07) is 0. The van der Waals surface area contributed by atoms with E-state index in [0.29, 0.717) is 16.9 Å². The van der Waals surface area contributed by atoms with Crippen molar-refractivity contribution in [2.75, 3.05) is 0 Å². The van der Waals surface area contributed by atoms with Crippen LogP contribution in [0.3, 0.4) is 0 Å². The molecule has 0 spiro atoms. The van der Waals surface area contributed by atoms with Crippen LogP contribution in [0.25, 0.3) is 0 Å². The molecule has 4 nitrogen and oxygen atoms in total. The predicted octanol–water partition coefficient (Wildman–Crippen LogP) is 4.88. The van der Waals surface area contributed by atoms with Gasteiger partial charge in [0.2, 0.25) is 5.79 Å². The molecule has 176 valence electrons. The highest BCUT2D eigenvalue weighted by atomic mass is 16.5. The molecule has 0 radical (unpaired) electrons. The van der Waals surface area contributed by atoms with Gasteiger partial charge in [0.25, 0.3) is 0 Å². The molecule has 0 heterocycles. The largest absolute Gasteiger partial charge is 0.390 e. The Balaban J connectivity index is 1.75. The van der Waals surface area contributed by atoms with E-state index < -0.39 is 18.0 Å². The fraction of sp³-hybridized carbons (Fsp3) is 0.778. The van der Waals surface area contributed by atoms with Crippen molar-refractivity contribution < 1.29 is 20.4 Å². The van der Waals surface area contributed by atoms with Crippen molar-refractivity contribution in [1.82, 2.24) is 0 Å². The molecule has 0 aromatic rings. The van der Waals surface area contributed by atoms with Gasteiger partial charge in [-0.1, -0.05) is 71.3 Å². The molecule has 0 aromatic carbocycles. The van der Waals surface area contributed by atoms with Crippen LogP contribution in [0.4, 0.5) is 0 Å². The van der Waals surface area contributed by atoms with Gasteiger partial charge < -0.3 is 20.4 Å². The zero-order valence-electron chi connectivity index (χ0n) is 20.0. The molecular formula is C27H44O4. The maximum absolute atomic E-state index is 10.2. The number of rotatable bonds is 6. The van der Waals surface area contributed by atoms with Gasteiger partial charge >= 0.3 is 0 Å². The van der Waals surface area contributed by atoms with Crippen molar-refractivity contribution in [2.45, 2.75) is 103 Å². The minimum Gasteiger partial charge on any atom is -0.390 e. The van der Waals surface area contributed by atoms with Gasteiger partial charge in [-0.2, -0.15) is 0 Å². The Morgan fingerprint density at radius 1 is 1.10 bits per heavy atom. The molecule has 3 aliphatic rings. The highest BCUT2D eigenvalue weighted by molar-refractivity contribution is 5.42. The minimum atomic E-state index is -2.48. The van der Waals surface area contributed by atoms with Crippen molar-refractivity contribution in [2.24, 2.45) is 29.1 Å². The number of aliphatic hydroxyl groups excluding tert-OH is 2. The average molecular weight is 433 g/mol.